The van der Waals surface area contributed by atoms with Crippen LogP contribution in [0.1, 0.15) is 0 Å². The van der Waals surface area contributed by atoms with Crippen LogP contribution in [0.15, 0.2) is 0 Å². The molecule has 0 aromatic carbocycles. The molecule has 0 spiro atoms. The number of hydrogen-bond donors (Lipinski definition) is 1. The SMILES string of the molecule is COCCOCCOCCOCCOCCOCCOCCOCCOCCOCCOCCOCCOCC(F)(F)C(F)(F)C(F)(F)C(F)(F)C(F)(F)C(F)(F)C(F)(F)C(F)(F)CO. The molecule has 0 aromatic rings. The molecular weight excluding hydrogens is 948 g/mol. The summed E-state index contributed by atoms with van der Waals surface area (Å²) in [4.78, 5) is 0. The third-order valence-corrected chi connectivity index (χ3v) is 7.90. The molecular formula is C35H56F16O14. The van der Waals surface area contributed by atoms with Crippen LogP contribution in [-0.2, 0) is 61.6 Å². The molecule has 0 saturated heterocycles. The first-order valence-electron chi connectivity index (χ1n) is 19.4. The molecule has 65 heavy (non-hydrogen) atoms. The van der Waals surface area contributed by atoms with Crippen LogP contribution < -0.4 is 0 Å². The van der Waals surface area contributed by atoms with Gasteiger partial charge in [0.15, 0.2) is 0 Å². The van der Waals surface area contributed by atoms with Crippen LogP contribution >= 0.6 is 0 Å². The number of alkyl halides is 16. The molecule has 0 bridgehead atoms. The average Bonchev–Trinajstić information content (AvgIpc) is 3.24. The quantitative estimate of drug-likeness (QED) is 0.0653. The van der Waals surface area contributed by atoms with Gasteiger partial charge in [0.2, 0.25) is 0 Å². The fourth-order valence-electron chi connectivity index (χ4n) is 4.20. The zero-order valence-electron chi connectivity index (χ0n) is 35.2. The third-order valence-electron chi connectivity index (χ3n) is 7.90. The lowest BCUT2D eigenvalue weighted by Gasteiger charge is -2.43. The summed E-state index contributed by atoms with van der Waals surface area (Å²) in [6.45, 7) is -1.83. The lowest BCUT2D eigenvalue weighted by Crippen LogP contribution is -2.75. The minimum atomic E-state index is -8.55. The van der Waals surface area contributed by atoms with Gasteiger partial charge in [-0.15, -0.1) is 0 Å². The van der Waals surface area contributed by atoms with E-state index in [1.807, 2.05) is 0 Å². The van der Waals surface area contributed by atoms with E-state index in [9.17, 15) is 70.2 Å². The molecule has 0 atom stereocenters. The predicted octanol–water partition coefficient (Wildman–Crippen LogP) is 4.91. The number of halogens is 16. The summed E-state index contributed by atoms with van der Waals surface area (Å²) < 4.78 is 285. The lowest BCUT2D eigenvalue weighted by atomic mass is 9.88. The average molecular weight is 1000 g/mol. The van der Waals surface area contributed by atoms with Crippen molar-refractivity contribution >= 4 is 0 Å². The van der Waals surface area contributed by atoms with E-state index in [-0.39, 0.29) is 52.9 Å². The number of hydrogen-bond acceptors (Lipinski definition) is 14. The van der Waals surface area contributed by atoms with Crippen LogP contribution in [0.5, 0.6) is 0 Å². The summed E-state index contributed by atoms with van der Waals surface area (Å²) in [6.07, 6.45) is 0. The molecule has 0 fully saturated rings. The zero-order valence-corrected chi connectivity index (χ0v) is 35.2. The Labute approximate surface area is 363 Å². The van der Waals surface area contributed by atoms with Gasteiger partial charge in [-0.05, 0) is 0 Å². The summed E-state index contributed by atoms with van der Waals surface area (Å²) in [5, 5.41) is 8.05. The van der Waals surface area contributed by atoms with E-state index in [1.54, 1.807) is 7.11 Å². The van der Waals surface area contributed by atoms with E-state index >= 15 is 0 Å². The summed E-state index contributed by atoms with van der Waals surface area (Å²) in [5.41, 5.74) is 0. The van der Waals surface area contributed by atoms with Gasteiger partial charge in [-0.2, -0.15) is 70.2 Å². The maximum atomic E-state index is 13.9. The van der Waals surface area contributed by atoms with Crippen LogP contribution in [0.25, 0.3) is 0 Å². The largest absolute Gasteiger partial charge is 0.390 e. The predicted molar refractivity (Wildman–Crippen MR) is 188 cm³/mol. The molecule has 30 heteroatoms. The van der Waals surface area contributed by atoms with Crippen molar-refractivity contribution in [1.29, 1.82) is 0 Å². The van der Waals surface area contributed by atoms with E-state index < -0.39 is 73.8 Å². The maximum Gasteiger partial charge on any atom is 0.385 e. The number of methoxy groups -OCH3 is 1. The number of ether oxygens (including phenoxy) is 13. The van der Waals surface area contributed by atoms with Gasteiger partial charge in [0, 0.05) is 7.11 Å². The Kier molecular flexibility index (Phi) is 31.4. The summed E-state index contributed by atoms with van der Waals surface area (Å²) in [7, 11) is 1.60. The highest BCUT2D eigenvalue weighted by atomic mass is 19.4. The van der Waals surface area contributed by atoms with Crippen molar-refractivity contribution in [3.63, 3.8) is 0 Å². The Morgan fingerprint density at radius 3 is 0.615 bits per heavy atom. The van der Waals surface area contributed by atoms with Crippen molar-refractivity contribution in [3.05, 3.63) is 0 Å². The minimum absolute atomic E-state index is 0.00875. The van der Waals surface area contributed by atoms with Gasteiger partial charge in [-0.3, -0.25) is 0 Å². The van der Waals surface area contributed by atoms with Gasteiger partial charge >= 0.3 is 47.4 Å². The highest BCUT2D eigenvalue weighted by Gasteiger charge is 2.94. The van der Waals surface area contributed by atoms with Crippen LogP contribution in [-0.4, -0.2) is 231 Å². The second-order valence-corrected chi connectivity index (χ2v) is 12.8. The van der Waals surface area contributed by atoms with Crippen molar-refractivity contribution < 1.29 is 137 Å². The Balaban J connectivity index is 3.90. The molecule has 0 aromatic heterocycles. The van der Waals surface area contributed by atoms with Crippen molar-refractivity contribution in [1.82, 2.24) is 0 Å². The molecule has 0 rings (SSSR count). The molecule has 0 heterocycles. The Morgan fingerprint density at radius 2 is 0.415 bits per heavy atom. The van der Waals surface area contributed by atoms with Crippen LogP contribution in [0, 0.1) is 0 Å². The molecule has 0 saturated carbocycles. The molecule has 1 N–H and O–H groups in total. The molecule has 0 unspecified atom stereocenters. The van der Waals surface area contributed by atoms with Crippen LogP contribution in [0.3, 0.4) is 0 Å². The molecule has 0 aliphatic carbocycles. The highest BCUT2D eigenvalue weighted by molar-refractivity contribution is 5.15. The van der Waals surface area contributed by atoms with Gasteiger partial charge in [0.25, 0.3) is 0 Å². The second-order valence-electron chi connectivity index (χ2n) is 12.8. The van der Waals surface area contributed by atoms with Crippen molar-refractivity contribution in [3.8, 4) is 0 Å². The first-order chi connectivity index (χ1) is 30.4. The molecule has 0 radical (unpaired) electrons. The standard InChI is InChI=1S/C35H56F16O14/c1-53-2-3-54-4-5-55-6-7-56-8-9-57-10-11-58-12-13-59-14-15-60-16-17-61-18-19-62-20-21-63-22-23-64-24-25-65-27-29(38,39)31(42,43)33(46,47)35(50,51)34(48,49)32(44,45)30(40,41)28(36,37)26-52/h52H,2-27H2,1H3. The van der Waals surface area contributed by atoms with Gasteiger partial charge in [-0.1, -0.05) is 0 Å². The Bertz CT molecular complexity index is 1180. The molecule has 14 nitrogen and oxygen atoms in total. The van der Waals surface area contributed by atoms with Crippen molar-refractivity contribution in [2.45, 2.75) is 47.4 Å². The normalized spacial score (nSPS) is 13.9. The molecule has 392 valence electrons. The van der Waals surface area contributed by atoms with E-state index in [0.29, 0.717) is 92.5 Å². The first-order valence-corrected chi connectivity index (χ1v) is 19.4. The fraction of sp³-hybridized carbons (Fsp3) is 1.00. The third kappa shape index (κ3) is 20.8. The monoisotopic (exact) mass is 1000 g/mol. The molecule has 0 aliphatic rings. The topological polar surface area (TPSA) is 140 Å². The second kappa shape index (κ2) is 32.2. The van der Waals surface area contributed by atoms with Gasteiger partial charge in [-0.25, -0.2) is 0 Å². The highest BCUT2D eigenvalue weighted by Crippen LogP contribution is 2.63. The van der Waals surface area contributed by atoms with E-state index in [0.717, 1.165) is 0 Å². The van der Waals surface area contributed by atoms with Gasteiger partial charge in [0.1, 0.15) is 13.2 Å². The maximum absolute atomic E-state index is 13.9. The summed E-state index contributed by atoms with van der Waals surface area (Å²) >= 11 is 0. The minimum Gasteiger partial charge on any atom is -0.390 e. The molecule has 0 amide bonds. The van der Waals surface area contributed by atoms with Crippen LogP contribution in [0.4, 0.5) is 70.2 Å². The Morgan fingerprint density at radius 1 is 0.246 bits per heavy atom. The number of rotatable bonds is 46. The van der Waals surface area contributed by atoms with Crippen molar-refractivity contribution in [2.24, 2.45) is 0 Å². The van der Waals surface area contributed by atoms with E-state index in [4.69, 9.17) is 61.9 Å². The van der Waals surface area contributed by atoms with Crippen molar-refractivity contribution in [2.75, 3.05) is 179 Å². The summed E-state index contributed by atoms with van der Waals surface area (Å²) in [6, 6.07) is 0. The van der Waals surface area contributed by atoms with Gasteiger partial charge in [0.05, 0.1) is 159 Å². The lowest BCUT2D eigenvalue weighted by molar-refractivity contribution is -0.455. The summed E-state index contributed by atoms with van der Waals surface area (Å²) in [5.74, 6) is -62.6. The zero-order chi connectivity index (χ0) is 49.6. The smallest absolute Gasteiger partial charge is 0.385 e. The number of aliphatic hydroxyl groups excluding tert-OH is 1. The van der Waals surface area contributed by atoms with Gasteiger partial charge < -0.3 is 66.7 Å². The fourth-order valence-corrected chi connectivity index (χ4v) is 4.20. The Hall–Kier alpha value is -1.68. The molecule has 0 aliphatic heterocycles. The van der Waals surface area contributed by atoms with Crippen LogP contribution in [0.2, 0.25) is 0 Å². The van der Waals surface area contributed by atoms with E-state index in [2.05, 4.69) is 4.74 Å². The number of aliphatic hydroxyl groups is 1. The first kappa shape index (κ1) is 63.3. The van der Waals surface area contributed by atoms with E-state index in [1.165, 1.54) is 0 Å².